The van der Waals surface area contributed by atoms with E-state index in [1.165, 1.54) is 0 Å². The van der Waals surface area contributed by atoms with Crippen LogP contribution in [0.4, 0.5) is 0 Å². The Morgan fingerprint density at radius 1 is 1.24 bits per heavy atom. The number of hydrogen-bond acceptors (Lipinski definition) is 5. The molecule has 6 heteroatoms. The molecular formula is C11H11N5O. The third kappa shape index (κ3) is 1.57. The predicted octanol–water partition coefficient (Wildman–Crippen LogP) is 1.18. The first-order valence-corrected chi connectivity index (χ1v) is 5.46. The Kier molecular flexibility index (Phi) is 2.32. The van der Waals surface area contributed by atoms with Crippen LogP contribution in [0.5, 0.6) is 0 Å². The lowest BCUT2D eigenvalue weighted by Gasteiger charge is -2.13. The molecule has 0 atom stereocenters. The smallest absolute Gasteiger partial charge is 0.250 e. The molecule has 1 N–H and O–H groups in total. The average molecular weight is 229 g/mol. The van der Waals surface area contributed by atoms with E-state index in [9.17, 15) is 0 Å². The number of fused-ring (bicyclic) bond motifs is 1. The van der Waals surface area contributed by atoms with Gasteiger partial charge in [0.15, 0.2) is 0 Å². The largest absolute Gasteiger partial charge is 0.411 e. The van der Waals surface area contributed by atoms with Gasteiger partial charge in [-0.15, -0.1) is 0 Å². The minimum absolute atomic E-state index is 0.549. The number of aromatic nitrogens is 4. The summed E-state index contributed by atoms with van der Waals surface area (Å²) in [7, 11) is 0. The molecule has 2 heterocycles. The van der Waals surface area contributed by atoms with Crippen LogP contribution < -0.4 is 0 Å². The Labute approximate surface area is 97.6 Å². The van der Waals surface area contributed by atoms with Gasteiger partial charge in [0.2, 0.25) is 0 Å². The summed E-state index contributed by atoms with van der Waals surface area (Å²) in [5.74, 6) is 0.549. The minimum Gasteiger partial charge on any atom is -0.411 e. The van der Waals surface area contributed by atoms with Crippen molar-refractivity contribution in [2.45, 2.75) is 19.3 Å². The van der Waals surface area contributed by atoms with Gasteiger partial charge in [0, 0.05) is 18.0 Å². The molecule has 3 rings (SSSR count). The van der Waals surface area contributed by atoms with Crippen LogP contribution in [-0.4, -0.2) is 30.7 Å². The summed E-state index contributed by atoms with van der Waals surface area (Å²) < 4.78 is 1.71. The zero-order valence-electron chi connectivity index (χ0n) is 9.11. The van der Waals surface area contributed by atoms with Crippen LogP contribution >= 0.6 is 0 Å². The fourth-order valence-corrected chi connectivity index (χ4v) is 2.09. The van der Waals surface area contributed by atoms with Crippen molar-refractivity contribution >= 4 is 5.71 Å². The van der Waals surface area contributed by atoms with Gasteiger partial charge < -0.3 is 5.21 Å². The number of hydrogen-bond donors (Lipinski definition) is 1. The van der Waals surface area contributed by atoms with Crippen LogP contribution in [0.2, 0.25) is 0 Å². The Hall–Kier alpha value is -2.24. The molecule has 0 radical (unpaired) electrons. The lowest BCUT2D eigenvalue weighted by Crippen LogP contribution is -2.14. The van der Waals surface area contributed by atoms with E-state index >= 15 is 0 Å². The molecule has 1 aliphatic rings. The van der Waals surface area contributed by atoms with Crippen LogP contribution in [0.25, 0.3) is 5.95 Å². The minimum atomic E-state index is 0.549. The predicted molar refractivity (Wildman–Crippen MR) is 60.4 cm³/mol. The highest BCUT2D eigenvalue weighted by Crippen LogP contribution is 2.22. The van der Waals surface area contributed by atoms with E-state index in [1.54, 1.807) is 29.3 Å². The van der Waals surface area contributed by atoms with Crippen molar-refractivity contribution < 1.29 is 5.21 Å². The highest BCUT2D eigenvalue weighted by molar-refractivity contribution is 6.01. The van der Waals surface area contributed by atoms with Gasteiger partial charge in [0.1, 0.15) is 0 Å². The van der Waals surface area contributed by atoms with E-state index in [0.29, 0.717) is 11.7 Å². The molecule has 1 aliphatic carbocycles. The molecular weight excluding hydrogens is 218 g/mol. The van der Waals surface area contributed by atoms with Crippen molar-refractivity contribution in [3.05, 3.63) is 35.9 Å². The summed E-state index contributed by atoms with van der Waals surface area (Å²) in [4.78, 5) is 8.33. The van der Waals surface area contributed by atoms with E-state index in [4.69, 9.17) is 5.21 Å². The van der Waals surface area contributed by atoms with Gasteiger partial charge in [0.05, 0.1) is 17.6 Å². The SMILES string of the molecule is O/N=C1/CCCc2c1cnn2-c1ncccn1. The lowest BCUT2D eigenvalue weighted by atomic mass is 9.96. The monoisotopic (exact) mass is 229 g/mol. The highest BCUT2D eigenvalue weighted by atomic mass is 16.4. The Morgan fingerprint density at radius 2 is 2.06 bits per heavy atom. The molecule has 0 unspecified atom stereocenters. The molecule has 0 aromatic carbocycles. The molecule has 0 amide bonds. The Morgan fingerprint density at radius 3 is 2.82 bits per heavy atom. The molecule has 0 spiro atoms. The van der Waals surface area contributed by atoms with Gasteiger partial charge in [-0.25, -0.2) is 14.6 Å². The molecule has 0 saturated carbocycles. The van der Waals surface area contributed by atoms with Gasteiger partial charge in [-0.3, -0.25) is 0 Å². The quantitative estimate of drug-likeness (QED) is 0.588. The Bertz CT molecular complexity index is 560. The summed E-state index contributed by atoms with van der Waals surface area (Å²) >= 11 is 0. The van der Waals surface area contributed by atoms with Crippen LogP contribution in [-0.2, 0) is 6.42 Å². The summed E-state index contributed by atoms with van der Waals surface area (Å²) in [5.41, 5.74) is 2.59. The normalized spacial score (nSPS) is 17.1. The molecule has 2 aromatic rings. The van der Waals surface area contributed by atoms with Crippen LogP contribution in [0.1, 0.15) is 24.1 Å². The Balaban J connectivity index is 2.13. The van der Waals surface area contributed by atoms with E-state index < -0.39 is 0 Å². The molecule has 17 heavy (non-hydrogen) atoms. The van der Waals surface area contributed by atoms with E-state index in [1.807, 2.05) is 0 Å². The number of rotatable bonds is 1. The van der Waals surface area contributed by atoms with Crippen LogP contribution in [0.15, 0.2) is 29.8 Å². The zero-order valence-corrected chi connectivity index (χ0v) is 9.11. The summed E-state index contributed by atoms with van der Waals surface area (Å²) in [6.45, 7) is 0. The fraction of sp³-hybridized carbons (Fsp3) is 0.273. The third-order valence-corrected chi connectivity index (χ3v) is 2.87. The van der Waals surface area contributed by atoms with Crippen molar-refractivity contribution in [2.75, 3.05) is 0 Å². The fourth-order valence-electron chi connectivity index (χ4n) is 2.09. The van der Waals surface area contributed by atoms with Gasteiger partial charge >= 0.3 is 0 Å². The molecule has 0 fully saturated rings. The van der Waals surface area contributed by atoms with Crippen LogP contribution in [0, 0.1) is 0 Å². The lowest BCUT2D eigenvalue weighted by molar-refractivity contribution is 0.317. The summed E-state index contributed by atoms with van der Waals surface area (Å²) in [6, 6.07) is 1.76. The molecule has 2 aromatic heterocycles. The zero-order chi connectivity index (χ0) is 11.7. The third-order valence-electron chi connectivity index (χ3n) is 2.87. The maximum Gasteiger partial charge on any atom is 0.250 e. The summed E-state index contributed by atoms with van der Waals surface area (Å²) in [6.07, 6.45) is 7.70. The topological polar surface area (TPSA) is 76.2 Å². The maximum atomic E-state index is 8.94. The second-order valence-corrected chi connectivity index (χ2v) is 3.87. The maximum absolute atomic E-state index is 8.94. The van der Waals surface area contributed by atoms with Crippen molar-refractivity contribution in [1.82, 2.24) is 19.7 Å². The van der Waals surface area contributed by atoms with Gasteiger partial charge in [-0.2, -0.15) is 5.10 Å². The van der Waals surface area contributed by atoms with E-state index in [0.717, 1.165) is 30.5 Å². The molecule has 0 bridgehead atoms. The molecule has 0 aliphatic heterocycles. The summed E-state index contributed by atoms with van der Waals surface area (Å²) in [5, 5.41) is 16.5. The number of nitrogens with zero attached hydrogens (tertiary/aromatic N) is 5. The molecule has 0 saturated heterocycles. The van der Waals surface area contributed by atoms with Crippen molar-refractivity contribution in [3.63, 3.8) is 0 Å². The molecule has 6 nitrogen and oxygen atoms in total. The van der Waals surface area contributed by atoms with Gasteiger partial charge in [-0.1, -0.05) is 5.16 Å². The van der Waals surface area contributed by atoms with Crippen molar-refractivity contribution in [3.8, 4) is 5.95 Å². The molecule has 86 valence electrons. The highest BCUT2D eigenvalue weighted by Gasteiger charge is 2.22. The van der Waals surface area contributed by atoms with E-state index in [2.05, 4.69) is 20.2 Å². The van der Waals surface area contributed by atoms with Gasteiger partial charge in [0.25, 0.3) is 5.95 Å². The second kappa shape index (κ2) is 3.97. The second-order valence-electron chi connectivity index (χ2n) is 3.87. The van der Waals surface area contributed by atoms with E-state index in [-0.39, 0.29) is 0 Å². The first kappa shape index (κ1) is 9.95. The van der Waals surface area contributed by atoms with Gasteiger partial charge in [-0.05, 0) is 25.3 Å². The average Bonchev–Trinajstić information content (AvgIpc) is 2.83. The first-order valence-electron chi connectivity index (χ1n) is 5.46. The first-order chi connectivity index (χ1) is 8.40. The standard InChI is InChI=1S/C11H11N5O/c17-15-9-3-1-4-10-8(9)7-14-16(10)11-12-5-2-6-13-11/h2,5-7,17H,1,3-4H2/b15-9-. The van der Waals surface area contributed by atoms with Crippen LogP contribution in [0.3, 0.4) is 0 Å². The van der Waals surface area contributed by atoms with Crippen molar-refractivity contribution in [2.24, 2.45) is 5.16 Å². The van der Waals surface area contributed by atoms with Crippen molar-refractivity contribution in [1.29, 1.82) is 0 Å². The number of oxime groups is 1.